The Balaban J connectivity index is 1.50. The number of hydrogen-bond acceptors (Lipinski definition) is 4. The smallest absolute Gasteiger partial charge is 0.271 e. The third-order valence-electron chi connectivity index (χ3n) is 6.97. The van der Waals surface area contributed by atoms with Gasteiger partial charge in [0.2, 0.25) is 5.91 Å². The van der Waals surface area contributed by atoms with E-state index in [2.05, 4.69) is 24.5 Å². The highest BCUT2D eigenvalue weighted by Crippen LogP contribution is 2.72. The summed E-state index contributed by atoms with van der Waals surface area (Å²) < 4.78 is 0. The molecule has 0 aromatic carbocycles. The van der Waals surface area contributed by atoms with Crippen LogP contribution in [0.5, 0.6) is 0 Å². The van der Waals surface area contributed by atoms with Crippen molar-refractivity contribution in [2.24, 2.45) is 28.6 Å². The van der Waals surface area contributed by atoms with E-state index < -0.39 is 11.3 Å². The summed E-state index contributed by atoms with van der Waals surface area (Å²) in [6, 6.07) is 1.69. The number of hydrogen-bond donors (Lipinski definition) is 1. The fourth-order valence-electron chi connectivity index (χ4n) is 5.63. The van der Waals surface area contributed by atoms with E-state index in [-0.39, 0.29) is 29.6 Å². The fraction of sp³-hybridized carbons (Fsp3) is 0.526. The van der Waals surface area contributed by atoms with Gasteiger partial charge in [-0.3, -0.25) is 19.8 Å². The first kappa shape index (κ1) is 15.3. The van der Waals surface area contributed by atoms with Gasteiger partial charge in [0.05, 0.1) is 11.0 Å². The van der Waals surface area contributed by atoms with Gasteiger partial charge in [-0.1, -0.05) is 19.1 Å². The predicted octanol–water partition coefficient (Wildman–Crippen LogP) is 2.76. The van der Waals surface area contributed by atoms with Gasteiger partial charge < -0.3 is 0 Å². The molecule has 1 saturated heterocycles. The van der Waals surface area contributed by atoms with Crippen LogP contribution in [-0.2, 0) is 9.59 Å². The van der Waals surface area contributed by atoms with E-state index in [4.69, 9.17) is 0 Å². The number of thiophene rings is 1. The van der Waals surface area contributed by atoms with Gasteiger partial charge in [-0.05, 0) is 53.9 Å². The first-order valence-corrected chi connectivity index (χ1v) is 9.78. The highest BCUT2D eigenvalue weighted by molar-refractivity contribution is 7.08. The minimum atomic E-state index is -0.682. The average Bonchev–Trinajstić information content (AvgIpc) is 3.02. The molecule has 1 N–H and O–H groups in total. The lowest BCUT2D eigenvalue weighted by Crippen LogP contribution is -2.57. The van der Waals surface area contributed by atoms with Crippen LogP contribution < -0.4 is 5.43 Å². The Bertz CT molecular complexity index is 817. The Kier molecular flexibility index (Phi) is 2.95. The second-order valence-electron chi connectivity index (χ2n) is 8.22. The van der Waals surface area contributed by atoms with Gasteiger partial charge in [-0.2, -0.15) is 16.3 Å². The molecule has 5 nitrogen and oxygen atoms in total. The quantitative estimate of drug-likeness (QED) is 0.654. The van der Waals surface area contributed by atoms with Gasteiger partial charge in [0.15, 0.2) is 0 Å². The Hall–Kier alpha value is -1.95. The molecule has 4 aliphatic rings. The van der Waals surface area contributed by atoms with Crippen molar-refractivity contribution in [2.75, 3.05) is 0 Å². The van der Waals surface area contributed by atoms with Crippen molar-refractivity contribution in [3.05, 3.63) is 34.5 Å². The number of imide groups is 1. The van der Waals surface area contributed by atoms with Crippen LogP contribution in [-0.4, -0.2) is 22.7 Å². The second-order valence-corrected chi connectivity index (χ2v) is 9.00. The summed E-state index contributed by atoms with van der Waals surface area (Å²) in [5.41, 5.74) is 2.16. The van der Waals surface area contributed by atoms with Gasteiger partial charge in [0, 0.05) is 11.8 Å². The van der Waals surface area contributed by atoms with Crippen LogP contribution in [0, 0.1) is 28.6 Å². The van der Waals surface area contributed by atoms with Gasteiger partial charge in [0.1, 0.15) is 0 Å². The van der Waals surface area contributed by atoms with Crippen LogP contribution in [0.15, 0.2) is 29.0 Å². The van der Waals surface area contributed by atoms with Crippen molar-refractivity contribution >= 4 is 29.1 Å². The van der Waals surface area contributed by atoms with Crippen molar-refractivity contribution in [3.63, 3.8) is 0 Å². The van der Waals surface area contributed by atoms with Crippen LogP contribution in [0.4, 0.5) is 0 Å². The number of nitrogens with one attached hydrogen (secondary N) is 1. The Morgan fingerprint density at radius 1 is 1.40 bits per heavy atom. The molecule has 5 rings (SSSR count). The first-order valence-electron chi connectivity index (χ1n) is 8.83. The molecule has 3 amide bonds. The molecule has 130 valence electrons. The number of carbonyl (C=O) groups is 3. The zero-order valence-electron chi connectivity index (χ0n) is 14.0. The Labute approximate surface area is 150 Å². The molecular formula is C19H20N2O3S. The molecule has 0 radical (unpaired) electrons. The van der Waals surface area contributed by atoms with E-state index in [1.807, 2.05) is 0 Å². The summed E-state index contributed by atoms with van der Waals surface area (Å²) in [5.74, 6) is 0.467. The topological polar surface area (TPSA) is 66.5 Å². The standard InChI is InChI=1S/C19H20N2O3S/c1-18-5-2-3-14(13-7-12(13)8-18)19(18)9-15(22)21(17(19)24)20-16(23)11-4-6-25-10-11/h2-4,6,10,12-14H,5,7-9H2,1H3,(H,20,23)/t12?,13?,14?,18?,19-/m1/s1. The summed E-state index contributed by atoms with van der Waals surface area (Å²) >= 11 is 1.41. The molecule has 2 bridgehead atoms. The second kappa shape index (κ2) is 4.81. The summed E-state index contributed by atoms with van der Waals surface area (Å²) in [4.78, 5) is 38.5. The van der Waals surface area contributed by atoms with Crippen molar-refractivity contribution < 1.29 is 14.4 Å². The maximum atomic E-state index is 13.4. The van der Waals surface area contributed by atoms with E-state index in [9.17, 15) is 14.4 Å². The van der Waals surface area contributed by atoms with E-state index >= 15 is 0 Å². The van der Waals surface area contributed by atoms with E-state index in [0.717, 1.165) is 24.3 Å². The Morgan fingerprint density at radius 2 is 2.24 bits per heavy atom. The SMILES string of the molecule is CC12CC=CC(C3CC3C1)[C@@]21CC(=O)N(NC(=O)c2ccsc2)C1=O. The van der Waals surface area contributed by atoms with Crippen LogP contribution in [0.2, 0.25) is 0 Å². The number of allylic oxidation sites excluding steroid dienone is 2. The van der Waals surface area contributed by atoms with Gasteiger partial charge in [-0.25, -0.2) is 0 Å². The van der Waals surface area contributed by atoms with Crippen LogP contribution in [0.25, 0.3) is 0 Å². The summed E-state index contributed by atoms with van der Waals surface area (Å²) in [5, 5.41) is 4.52. The third kappa shape index (κ3) is 1.86. The van der Waals surface area contributed by atoms with Crippen molar-refractivity contribution in [1.82, 2.24) is 10.4 Å². The van der Waals surface area contributed by atoms with Crippen LogP contribution >= 0.6 is 11.3 Å². The molecule has 3 fully saturated rings. The normalized spacial score (nSPS) is 41.2. The molecular weight excluding hydrogens is 336 g/mol. The molecule has 1 spiro atoms. The van der Waals surface area contributed by atoms with Crippen LogP contribution in [0.3, 0.4) is 0 Å². The molecule has 1 aromatic heterocycles. The maximum absolute atomic E-state index is 13.4. The summed E-state index contributed by atoms with van der Waals surface area (Å²) in [7, 11) is 0. The molecule has 25 heavy (non-hydrogen) atoms. The molecule has 1 aromatic rings. The molecule has 6 heteroatoms. The minimum absolute atomic E-state index is 0.129. The highest BCUT2D eigenvalue weighted by Gasteiger charge is 2.72. The zero-order valence-corrected chi connectivity index (χ0v) is 14.8. The average molecular weight is 356 g/mol. The lowest BCUT2D eigenvalue weighted by atomic mass is 9.48. The number of hydrazine groups is 1. The van der Waals surface area contributed by atoms with Crippen molar-refractivity contribution in [1.29, 1.82) is 0 Å². The van der Waals surface area contributed by atoms with E-state index in [1.54, 1.807) is 16.8 Å². The molecule has 5 atom stereocenters. The number of carbonyl (C=O) groups excluding carboxylic acids is 3. The molecule has 4 unspecified atom stereocenters. The number of fused-ring (bicyclic) bond motifs is 2. The van der Waals surface area contributed by atoms with Gasteiger partial charge in [-0.15, -0.1) is 0 Å². The monoisotopic (exact) mass is 356 g/mol. The molecule has 2 heterocycles. The summed E-state index contributed by atoms with van der Waals surface area (Å²) in [6.45, 7) is 2.16. The minimum Gasteiger partial charge on any atom is -0.272 e. The van der Waals surface area contributed by atoms with Crippen LogP contribution in [0.1, 0.15) is 43.0 Å². The lowest BCUT2D eigenvalue weighted by Gasteiger charge is -2.53. The molecule has 2 saturated carbocycles. The fourth-order valence-corrected chi connectivity index (χ4v) is 6.27. The summed E-state index contributed by atoms with van der Waals surface area (Å²) in [6.07, 6.45) is 7.57. The maximum Gasteiger partial charge on any atom is 0.271 e. The number of rotatable bonds is 2. The first-order chi connectivity index (χ1) is 12.0. The number of amides is 3. The number of nitrogens with zero attached hydrogens (tertiary/aromatic N) is 1. The van der Waals surface area contributed by atoms with E-state index in [1.165, 1.54) is 11.3 Å². The largest absolute Gasteiger partial charge is 0.272 e. The lowest BCUT2D eigenvalue weighted by molar-refractivity contribution is -0.154. The predicted molar refractivity (Wildman–Crippen MR) is 92.3 cm³/mol. The molecule has 1 aliphatic heterocycles. The van der Waals surface area contributed by atoms with Crippen molar-refractivity contribution in [2.45, 2.75) is 32.6 Å². The third-order valence-corrected chi connectivity index (χ3v) is 7.65. The van der Waals surface area contributed by atoms with Gasteiger partial charge >= 0.3 is 0 Å². The van der Waals surface area contributed by atoms with Crippen molar-refractivity contribution in [3.8, 4) is 0 Å². The zero-order chi connectivity index (χ0) is 17.4. The Morgan fingerprint density at radius 3 is 3.00 bits per heavy atom. The molecule has 3 aliphatic carbocycles. The van der Waals surface area contributed by atoms with Gasteiger partial charge in [0.25, 0.3) is 11.8 Å². The highest BCUT2D eigenvalue weighted by atomic mass is 32.1. The van der Waals surface area contributed by atoms with E-state index in [0.29, 0.717) is 17.4 Å².